The summed E-state index contributed by atoms with van der Waals surface area (Å²) in [5, 5.41) is 6.22. The van der Waals surface area contributed by atoms with E-state index in [2.05, 4.69) is 25.5 Å². The summed E-state index contributed by atoms with van der Waals surface area (Å²) in [5.74, 6) is 2.09. The van der Waals surface area contributed by atoms with E-state index in [1.165, 1.54) is 7.11 Å². The molecule has 11 heteroatoms. The van der Waals surface area contributed by atoms with Gasteiger partial charge < -0.3 is 34.5 Å². The van der Waals surface area contributed by atoms with Crippen molar-refractivity contribution in [2.24, 2.45) is 5.92 Å². The number of esters is 1. The van der Waals surface area contributed by atoms with Gasteiger partial charge in [-0.05, 0) is 36.6 Å². The highest BCUT2D eigenvalue weighted by molar-refractivity contribution is 5.89. The number of benzene rings is 2. The molecule has 0 unspecified atom stereocenters. The molecule has 4 rings (SSSR count). The van der Waals surface area contributed by atoms with Crippen LogP contribution in [0.4, 0.5) is 17.5 Å². The number of hydrogen-bond donors (Lipinski definition) is 2. The first-order valence-corrected chi connectivity index (χ1v) is 12.6. The molecule has 0 aliphatic carbocycles. The van der Waals surface area contributed by atoms with Gasteiger partial charge in [-0.3, -0.25) is 4.79 Å². The standard InChI is InChI=1S/C28H33N5O6/c1-36-22-14-21(15-23(37-2)25(22)38-3)31-28-29-12-11-24(32-28)33-13-5-6-20(17-33)26(34)30-16-18-7-9-19(10-8-18)27(35)39-4/h7-12,14-15,20H,5-6,13,16-17H2,1-4H3,(H,30,34)(H,29,31,32)/t20-/m0/s1. The second kappa shape index (κ2) is 12.8. The molecule has 0 radical (unpaired) electrons. The molecular formula is C28H33N5O6. The van der Waals surface area contributed by atoms with Crippen LogP contribution in [-0.2, 0) is 16.1 Å². The lowest BCUT2D eigenvalue weighted by molar-refractivity contribution is -0.125. The topological polar surface area (TPSA) is 124 Å². The lowest BCUT2D eigenvalue weighted by Gasteiger charge is -2.33. The Labute approximate surface area is 227 Å². The molecule has 0 saturated carbocycles. The van der Waals surface area contributed by atoms with Crippen LogP contribution in [0.5, 0.6) is 17.2 Å². The predicted molar refractivity (Wildman–Crippen MR) is 146 cm³/mol. The molecule has 1 aliphatic rings. The largest absolute Gasteiger partial charge is 0.493 e. The normalized spacial score (nSPS) is 14.8. The Balaban J connectivity index is 1.39. The highest BCUT2D eigenvalue weighted by Gasteiger charge is 2.26. The van der Waals surface area contributed by atoms with Crippen LogP contribution in [0.25, 0.3) is 0 Å². The Morgan fingerprint density at radius 2 is 1.72 bits per heavy atom. The minimum atomic E-state index is -0.389. The number of piperidine rings is 1. The molecule has 3 aromatic rings. The van der Waals surface area contributed by atoms with E-state index in [0.29, 0.717) is 47.5 Å². The van der Waals surface area contributed by atoms with Crippen molar-refractivity contribution in [1.82, 2.24) is 15.3 Å². The minimum absolute atomic E-state index is 0.0124. The van der Waals surface area contributed by atoms with Crippen molar-refractivity contribution in [3.63, 3.8) is 0 Å². The van der Waals surface area contributed by atoms with E-state index in [1.54, 1.807) is 51.8 Å². The van der Waals surface area contributed by atoms with Crippen LogP contribution in [-0.4, -0.2) is 63.4 Å². The Kier molecular flexibility index (Phi) is 9.03. The lowest BCUT2D eigenvalue weighted by atomic mass is 9.97. The van der Waals surface area contributed by atoms with Gasteiger partial charge in [-0.25, -0.2) is 9.78 Å². The van der Waals surface area contributed by atoms with E-state index < -0.39 is 0 Å². The number of carbonyl (C=O) groups is 2. The summed E-state index contributed by atoms with van der Waals surface area (Å²) < 4.78 is 21.0. The van der Waals surface area contributed by atoms with Crippen LogP contribution in [0.3, 0.4) is 0 Å². The Morgan fingerprint density at radius 3 is 2.36 bits per heavy atom. The molecule has 11 nitrogen and oxygen atoms in total. The third kappa shape index (κ3) is 6.67. The van der Waals surface area contributed by atoms with E-state index >= 15 is 0 Å². The molecule has 1 aromatic heterocycles. The fraction of sp³-hybridized carbons (Fsp3) is 0.357. The molecule has 1 fully saturated rings. The van der Waals surface area contributed by atoms with Crippen LogP contribution >= 0.6 is 0 Å². The van der Waals surface area contributed by atoms with Gasteiger partial charge in [0, 0.05) is 43.7 Å². The van der Waals surface area contributed by atoms with Gasteiger partial charge in [0.1, 0.15) is 5.82 Å². The van der Waals surface area contributed by atoms with Crippen molar-refractivity contribution < 1.29 is 28.5 Å². The third-order valence-electron chi connectivity index (χ3n) is 6.52. The summed E-state index contributed by atoms with van der Waals surface area (Å²) >= 11 is 0. The average Bonchev–Trinajstić information content (AvgIpc) is 2.99. The smallest absolute Gasteiger partial charge is 0.337 e. The molecule has 206 valence electrons. The average molecular weight is 536 g/mol. The van der Waals surface area contributed by atoms with Crippen molar-refractivity contribution >= 4 is 29.3 Å². The highest BCUT2D eigenvalue weighted by Crippen LogP contribution is 2.40. The van der Waals surface area contributed by atoms with Crippen molar-refractivity contribution in [1.29, 1.82) is 0 Å². The van der Waals surface area contributed by atoms with Crippen LogP contribution in [0.1, 0.15) is 28.8 Å². The van der Waals surface area contributed by atoms with Crippen LogP contribution in [0.15, 0.2) is 48.7 Å². The molecule has 0 spiro atoms. The second-order valence-electron chi connectivity index (χ2n) is 8.97. The van der Waals surface area contributed by atoms with Crippen LogP contribution in [0.2, 0.25) is 0 Å². The van der Waals surface area contributed by atoms with E-state index in [-0.39, 0.29) is 17.8 Å². The Hall–Kier alpha value is -4.54. The number of amides is 1. The number of rotatable bonds is 10. The molecule has 1 saturated heterocycles. The molecule has 2 aromatic carbocycles. The monoisotopic (exact) mass is 535 g/mol. The van der Waals surface area contributed by atoms with Gasteiger partial charge in [0.2, 0.25) is 17.6 Å². The third-order valence-corrected chi connectivity index (χ3v) is 6.52. The van der Waals surface area contributed by atoms with E-state index in [9.17, 15) is 9.59 Å². The minimum Gasteiger partial charge on any atom is -0.493 e. The first-order valence-electron chi connectivity index (χ1n) is 12.6. The number of anilines is 3. The quantitative estimate of drug-likeness (QED) is 0.372. The van der Waals surface area contributed by atoms with Gasteiger partial charge in [0.05, 0.1) is 39.9 Å². The summed E-state index contributed by atoms with van der Waals surface area (Å²) in [7, 11) is 6.01. The second-order valence-corrected chi connectivity index (χ2v) is 8.97. The number of aromatic nitrogens is 2. The maximum absolute atomic E-state index is 13.0. The summed E-state index contributed by atoms with van der Waals surface area (Å²) in [4.78, 5) is 35.7. The maximum Gasteiger partial charge on any atom is 0.337 e. The molecule has 2 N–H and O–H groups in total. The number of carbonyl (C=O) groups excluding carboxylic acids is 2. The van der Waals surface area contributed by atoms with Crippen molar-refractivity contribution in [2.75, 3.05) is 51.7 Å². The van der Waals surface area contributed by atoms with Gasteiger partial charge in [-0.15, -0.1) is 0 Å². The van der Waals surface area contributed by atoms with Gasteiger partial charge in [0.15, 0.2) is 11.5 Å². The van der Waals surface area contributed by atoms with Crippen LogP contribution in [0, 0.1) is 5.92 Å². The molecule has 2 heterocycles. The van der Waals surface area contributed by atoms with Crippen molar-refractivity contribution in [3.8, 4) is 17.2 Å². The first-order chi connectivity index (χ1) is 18.9. The molecule has 1 aliphatic heterocycles. The zero-order valence-electron chi connectivity index (χ0n) is 22.5. The highest BCUT2D eigenvalue weighted by atomic mass is 16.5. The van der Waals surface area contributed by atoms with Crippen molar-refractivity contribution in [2.45, 2.75) is 19.4 Å². The Morgan fingerprint density at radius 1 is 1.00 bits per heavy atom. The van der Waals surface area contributed by atoms with E-state index in [1.807, 2.05) is 18.2 Å². The van der Waals surface area contributed by atoms with Gasteiger partial charge in [-0.1, -0.05) is 12.1 Å². The lowest BCUT2D eigenvalue weighted by Crippen LogP contribution is -2.43. The number of ether oxygens (including phenoxy) is 4. The Bertz CT molecular complexity index is 1270. The summed E-state index contributed by atoms with van der Waals surface area (Å²) in [6, 6.07) is 12.4. The predicted octanol–water partition coefficient (Wildman–Crippen LogP) is 3.57. The fourth-order valence-electron chi connectivity index (χ4n) is 4.48. The fourth-order valence-corrected chi connectivity index (χ4v) is 4.48. The van der Waals surface area contributed by atoms with Crippen LogP contribution < -0.4 is 29.7 Å². The molecule has 39 heavy (non-hydrogen) atoms. The van der Waals surface area contributed by atoms with Crippen molar-refractivity contribution in [3.05, 3.63) is 59.8 Å². The number of methoxy groups -OCH3 is 4. The SMILES string of the molecule is COC(=O)c1ccc(CNC(=O)[C@H]2CCCN(c3ccnc(Nc4cc(OC)c(OC)c(OC)c4)n3)C2)cc1. The summed E-state index contributed by atoms with van der Waals surface area (Å²) in [6.45, 7) is 1.72. The van der Waals surface area contributed by atoms with Gasteiger partial charge >= 0.3 is 5.97 Å². The molecule has 1 atom stereocenters. The number of hydrogen-bond acceptors (Lipinski definition) is 10. The summed E-state index contributed by atoms with van der Waals surface area (Å²) in [5.41, 5.74) is 2.05. The summed E-state index contributed by atoms with van der Waals surface area (Å²) in [6.07, 6.45) is 3.35. The first kappa shape index (κ1) is 27.5. The maximum atomic E-state index is 13.0. The van der Waals surface area contributed by atoms with Gasteiger partial charge in [0.25, 0.3) is 0 Å². The van der Waals surface area contributed by atoms with E-state index in [0.717, 1.165) is 30.8 Å². The van der Waals surface area contributed by atoms with E-state index in [4.69, 9.17) is 18.9 Å². The zero-order valence-corrected chi connectivity index (χ0v) is 22.5. The number of nitrogens with one attached hydrogen (secondary N) is 2. The van der Waals surface area contributed by atoms with Gasteiger partial charge in [-0.2, -0.15) is 4.98 Å². The molecule has 1 amide bonds. The number of nitrogens with zero attached hydrogens (tertiary/aromatic N) is 3. The molecule has 0 bridgehead atoms. The zero-order chi connectivity index (χ0) is 27.8. The molecular weight excluding hydrogens is 502 g/mol.